The van der Waals surface area contributed by atoms with Crippen LogP contribution >= 0.6 is 11.8 Å². The van der Waals surface area contributed by atoms with E-state index in [2.05, 4.69) is 15.3 Å². The number of anilines is 1. The molecule has 2 fully saturated rings. The minimum Gasteiger partial charge on any atom is -0.493 e. The van der Waals surface area contributed by atoms with Crippen molar-refractivity contribution in [2.75, 3.05) is 19.5 Å². The number of carbonyl (C=O) groups is 2. The molecular weight excluding hydrogens is 384 g/mol. The lowest BCUT2D eigenvalue weighted by molar-refractivity contribution is -0.158. The Morgan fingerprint density at radius 3 is 2.57 bits per heavy atom. The normalized spacial score (nSPS) is 25.2. The van der Waals surface area contributed by atoms with Crippen LogP contribution in [0.1, 0.15) is 13.8 Å². The van der Waals surface area contributed by atoms with Crippen molar-refractivity contribution in [1.82, 2.24) is 14.9 Å². The summed E-state index contributed by atoms with van der Waals surface area (Å²) < 4.78 is 10.1. The number of methoxy groups -OCH3 is 2. The maximum absolute atomic E-state index is 12.7. The number of rotatable bonds is 5. The summed E-state index contributed by atoms with van der Waals surface area (Å²) in [5.74, 6) is 0.319. The SMILES string of the molecule is COc1cc2ncnc(NC3C(=O)N4C3SC(C)(C)C4C(=O)O)c2cc1OC. The lowest BCUT2D eigenvalue weighted by Crippen LogP contribution is -2.68. The molecule has 148 valence electrons. The van der Waals surface area contributed by atoms with Gasteiger partial charge >= 0.3 is 5.97 Å². The van der Waals surface area contributed by atoms with E-state index < -0.39 is 22.8 Å². The fourth-order valence-electron chi connectivity index (χ4n) is 3.79. The summed E-state index contributed by atoms with van der Waals surface area (Å²) in [6.07, 6.45) is 1.41. The minimum absolute atomic E-state index is 0.247. The van der Waals surface area contributed by atoms with Crippen LogP contribution in [-0.2, 0) is 9.59 Å². The van der Waals surface area contributed by atoms with Crippen LogP contribution in [0, 0.1) is 0 Å². The van der Waals surface area contributed by atoms with Gasteiger partial charge in [0.05, 0.1) is 19.7 Å². The molecule has 4 rings (SSSR count). The summed E-state index contributed by atoms with van der Waals surface area (Å²) in [7, 11) is 3.08. The zero-order valence-electron chi connectivity index (χ0n) is 15.8. The molecule has 28 heavy (non-hydrogen) atoms. The second kappa shape index (κ2) is 6.40. The van der Waals surface area contributed by atoms with Gasteiger partial charge in [0.2, 0.25) is 5.91 Å². The number of nitrogens with one attached hydrogen (secondary N) is 1. The van der Waals surface area contributed by atoms with Crippen molar-refractivity contribution in [3.63, 3.8) is 0 Å². The second-order valence-electron chi connectivity index (χ2n) is 7.17. The Morgan fingerprint density at radius 2 is 1.93 bits per heavy atom. The van der Waals surface area contributed by atoms with Crippen LogP contribution in [0.2, 0.25) is 0 Å². The molecule has 0 bridgehead atoms. The Bertz CT molecular complexity index is 982. The first-order valence-corrected chi connectivity index (χ1v) is 9.52. The second-order valence-corrected chi connectivity index (χ2v) is 8.94. The Labute approximate surface area is 165 Å². The predicted molar refractivity (Wildman–Crippen MR) is 104 cm³/mol. The van der Waals surface area contributed by atoms with E-state index in [0.29, 0.717) is 28.2 Å². The van der Waals surface area contributed by atoms with Crippen molar-refractivity contribution in [3.05, 3.63) is 18.5 Å². The number of hydrogen-bond acceptors (Lipinski definition) is 8. The summed E-state index contributed by atoms with van der Waals surface area (Å²) >= 11 is 1.48. The van der Waals surface area contributed by atoms with Crippen LogP contribution in [0.4, 0.5) is 5.82 Å². The minimum atomic E-state index is -0.990. The van der Waals surface area contributed by atoms with E-state index in [9.17, 15) is 14.7 Å². The molecule has 2 N–H and O–H groups in total. The fraction of sp³-hybridized carbons (Fsp3) is 0.444. The zero-order valence-corrected chi connectivity index (χ0v) is 16.6. The van der Waals surface area contributed by atoms with E-state index in [-0.39, 0.29) is 11.3 Å². The largest absolute Gasteiger partial charge is 0.493 e. The van der Waals surface area contributed by atoms with Crippen LogP contribution in [0.15, 0.2) is 18.5 Å². The monoisotopic (exact) mass is 404 g/mol. The number of carboxylic acids is 1. The number of aromatic nitrogens is 2. The van der Waals surface area contributed by atoms with Gasteiger partial charge in [-0.05, 0) is 19.9 Å². The molecule has 9 nitrogen and oxygen atoms in total. The molecule has 2 aliphatic heterocycles. The molecular formula is C18H20N4O5S. The summed E-state index contributed by atoms with van der Waals surface area (Å²) in [6.45, 7) is 3.69. The van der Waals surface area contributed by atoms with Crippen LogP contribution in [0.3, 0.4) is 0 Å². The molecule has 0 radical (unpaired) electrons. The molecule has 2 saturated heterocycles. The molecule has 3 heterocycles. The van der Waals surface area contributed by atoms with E-state index in [1.165, 1.54) is 30.1 Å². The van der Waals surface area contributed by atoms with Gasteiger partial charge in [0.1, 0.15) is 29.6 Å². The van der Waals surface area contributed by atoms with E-state index in [1.54, 1.807) is 19.2 Å². The number of β-lactam (4-membered cyclic amide) rings is 1. The standard InChI is InChI=1S/C18H20N4O5S/c1-18(2)13(17(24)25)22-15(23)12(16(22)28-18)21-14-8-5-10(26-3)11(27-4)6-9(8)19-7-20-14/h5-7,12-13,16H,1-4H3,(H,24,25)(H,19,20,21). The highest BCUT2D eigenvalue weighted by atomic mass is 32.2. The average Bonchev–Trinajstić information content (AvgIpc) is 2.92. The Kier molecular flexibility index (Phi) is 4.25. The Morgan fingerprint density at radius 1 is 1.25 bits per heavy atom. The molecule has 3 atom stereocenters. The van der Waals surface area contributed by atoms with E-state index >= 15 is 0 Å². The third-order valence-corrected chi connectivity index (χ3v) is 6.68. The number of ether oxygens (including phenoxy) is 2. The number of fused-ring (bicyclic) bond motifs is 2. The zero-order chi connectivity index (χ0) is 20.2. The topological polar surface area (TPSA) is 114 Å². The van der Waals surface area contributed by atoms with Crippen LogP contribution in [0.25, 0.3) is 10.9 Å². The van der Waals surface area contributed by atoms with Gasteiger partial charge in [0.15, 0.2) is 11.5 Å². The summed E-state index contributed by atoms with van der Waals surface area (Å²) in [6, 6.07) is 2.09. The average molecular weight is 404 g/mol. The molecule has 1 aromatic carbocycles. The number of amides is 1. The van der Waals surface area contributed by atoms with Crippen LogP contribution in [-0.4, -0.2) is 68.3 Å². The molecule has 2 aliphatic rings. The smallest absolute Gasteiger partial charge is 0.327 e. The van der Waals surface area contributed by atoms with Gasteiger partial charge in [0.25, 0.3) is 0 Å². The molecule has 0 saturated carbocycles. The predicted octanol–water partition coefficient (Wildman–Crippen LogP) is 1.57. The number of hydrogen-bond donors (Lipinski definition) is 2. The number of carbonyl (C=O) groups excluding carboxylic acids is 1. The Hall–Kier alpha value is -2.75. The highest BCUT2D eigenvalue weighted by molar-refractivity contribution is 8.01. The first-order valence-electron chi connectivity index (χ1n) is 8.64. The quantitative estimate of drug-likeness (QED) is 0.717. The van der Waals surface area contributed by atoms with Crippen molar-refractivity contribution >= 4 is 40.4 Å². The van der Waals surface area contributed by atoms with Crippen molar-refractivity contribution in [1.29, 1.82) is 0 Å². The number of aliphatic carboxylic acids is 1. The number of carboxylic acid groups (broad SMARTS) is 1. The lowest BCUT2D eigenvalue weighted by Gasteiger charge is -2.43. The molecule has 1 aromatic heterocycles. The summed E-state index contributed by atoms with van der Waals surface area (Å²) in [5.41, 5.74) is 0.640. The highest BCUT2D eigenvalue weighted by Gasteiger charge is 2.64. The van der Waals surface area contributed by atoms with Crippen molar-refractivity contribution in [3.8, 4) is 11.5 Å². The van der Waals surface area contributed by atoms with Gasteiger partial charge < -0.3 is 24.8 Å². The molecule has 1 amide bonds. The molecule has 2 aromatic rings. The fourth-order valence-corrected chi connectivity index (χ4v) is 5.42. The molecule has 10 heteroatoms. The van der Waals surface area contributed by atoms with Gasteiger partial charge in [-0.3, -0.25) is 4.79 Å². The van der Waals surface area contributed by atoms with Gasteiger partial charge in [-0.2, -0.15) is 0 Å². The van der Waals surface area contributed by atoms with E-state index in [0.717, 1.165) is 0 Å². The van der Waals surface area contributed by atoms with Gasteiger partial charge in [0, 0.05) is 16.2 Å². The van der Waals surface area contributed by atoms with Crippen LogP contribution in [0.5, 0.6) is 11.5 Å². The maximum atomic E-state index is 12.7. The first kappa shape index (κ1) is 18.6. The Balaban J connectivity index is 1.67. The lowest BCUT2D eigenvalue weighted by atomic mass is 9.96. The van der Waals surface area contributed by atoms with Gasteiger partial charge in [-0.15, -0.1) is 11.8 Å². The summed E-state index contributed by atoms with van der Waals surface area (Å²) in [5, 5.41) is 13.1. The molecule has 3 unspecified atom stereocenters. The highest BCUT2D eigenvalue weighted by Crippen LogP contribution is 2.51. The van der Waals surface area contributed by atoms with Gasteiger partial charge in [-0.25, -0.2) is 14.8 Å². The number of thioether (sulfide) groups is 1. The number of nitrogens with zero attached hydrogens (tertiary/aromatic N) is 3. The van der Waals surface area contributed by atoms with Crippen LogP contribution < -0.4 is 14.8 Å². The molecule has 0 aliphatic carbocycles. The third kappa shape index (κ3) is 2.62. The van der Waals surface area contributed by atoms with E-state index in [4.69, 9.17) is 9.47 Å². The first-order chi connectivity index (χ1) is 13.3. The van der Waals surface area contributed by atoms with E-state index in [1.807, 2.05) is 13.8 Å². The summed E-state index contributed by atoms with van der Waals surface area (Å²) in [4.78, 5) is 34.3. The van der Waals surface area contributed by atoms with Crippen molar-refractivity contribution in [2.45, 2.75) is 36.1 Å². The van der Waals surface area contributed by atoms with Crippen molar-refractivity contribution in [2.24, 2.45) is 0 Å². The molecule has 0 spiro atoms. The van der Waals surface area contributed by atoms with Crippen molar-refractivity contribution < 1.29 is 24.2 Å². The van der Waals surface area contributed by atoms with Gasteiger partial charge in [-0.1, -0.05) is 0 Å². The maximum Gasteiger partial charge on any atom is 0.327 e. The third-order valence-electron chi connectivity index (χ3n) is 5.11. The number of benzene rings is 1.